The van der Waals surface area contributed by atoms with Gasteiger partial charge in [0.05, 0.1) is 11.0 Å². The molecule has 0 spiro atoms. The van der Waals surface area contributed by atoms with Gasteiger partial charge in [-0.05, 0) is 70.8 Å². The molecule has 0 saturated carbocycles. The normalized spacial score (nSPS) is 11.0. The summed E-state index contributed by atoms with van der Waals surface area (Å²) in [5, 5.41) is 2.13. The molecule has 0 unspecified atom stereocenters. The third kappa shape index (κ3) is 3.70. The number of hydrogen-bond donors (Lipinski definition) is 0. The molecule has 2 heterocycles. The molecule has 0 amide bonds. The SMILES string of the molecule is c1ccc(-c2ccnc3ccc(Oc4ccc5nccc(-c6ccccc6)c5c4)cc23)cc1. The Morgan fingerprint density at radius 3 is 1.36 bits per heavy atom. The van der Waals surface area contributed by atoms with Gasteiger partial charge in [0.15, 0.2) is 0 Å². The van der Waals surface area contributed by atoms with E-state index in [1.807, 2.05) is 48.8 Å². The van der Waals surface area contributed by atoms with Crippen LogP contribution in [0.25, 0.3) is 44.1 Å². The number of fused-ring (bicyclic) bond motifs is 2. The van der Waals surface area contributed by atoms with Crippen LogP contribution in [0.5, 0.6) is 11.5 Å². The van der Waals surface area contributed by atoms with Crippen LogP contribution in [0.1, 0.15) is 0 Å². The Bertz CT molecular complexity index is 1460. The van der Waals surface area contributed by atoms with Gasteiger partial charge in [-0.1, -0.05) is 60.7 Å². The van der Waals surface area contributed by atoms with E-state index in [0.717, 1.165) is 55.6 Å². The minimum atomic E-state index is 0.775. The van der Waals surface area contributed by atoms with Crippen molar-refractivity contribution in [2.45, 2.75) is 0 Å². The van der Waals surface area contributed by atoms with Crippen molar-refractivity contribution in [3.05, 3.63) is 122 Å². The second-order valence-corrected chi connectivity index (χ2v) is 7.91. The van der Waals surface area contributed by atoms with Gasteiger partial charge in [-0.25, -0.2) is 0 Å². The van der Waals surface area contributed by atoms with Crippen LogP contribution >= 0.6 is 0 Å². The van der Waals surface area contributed by atoms with Crippen molar-refractivity contribution >= 4 is 21.8 Å². The highest BCUT2D eigenvalue weighted by Crippen LogP contribution is 2.34. The number of ether oxygens (including phenoxy) is 1. The van der Waals surface area contributed by atoms with Crippen LogP contribution in [0.3, 0.4) is 0 Å². The quantitative estimate of drug-likeness (QED) is 0.288. The third-order valence-electron chi connectivity index (χ3n) is 5.83. The molecule has 6 rings (SSSR count). The zero-order valence-electron chi connectivity index (χ0n) is 17.8. The molecule has 0 aliphatic carbocycles. The molecule has 0 fully saturated rings. The largest absolute Gasteiger partial charge is 0.457 e. The zero-order chi connectivity index (χ0) is 22.0. The lowest BCUT2D eigenvalue weighted by Crippen LogP contribution is -1.89. The van der Waals surface area contributed by atoms with Crippen LogP contribution in [0, 0.1) is 0 Å². The number of benzene rings is 4. The van der Waals surface area contributed by atoms with Crippen LogP contribution in [-0.2, 0) is 0 Å². The average Bonchev–Trinajstić information content (AvgIpc) is 2.89. The Balaban J connectivity index is 1.42. The first kappa shape index (κ1) is 19.2. The standard InChI is InChI=1S/C30H20N2O/c1-3-7-21(8-4-1)25-15-17-31-29-13-11-23(19-27(25)29)33-24-12-14-30-28(20-24)26(16-18-32-30)22-9-5-2-6-10-22/h1-20H. The Morgan fingerprint density at radius 1 is 0.455 bits per heavy atom. The lowest BCUT2D eigenvalue weighted by atomic mass is 10.0. The summed E-state index contributed by atoms with van der Waals surface area (Å²) in [4.78, 5) is 9.08. The molecular weight excluding hydrogens is 404 g/mol. The fourth-order valence-electron chi connectivity index (χ4n) is 4.25. The summed E-state index contributed by atoms with van der Waals surface area (Å²) in [7, 11) is 0. The van der Waals surface area contributed by atoms with Gasteiger partial charge in [-0.3, -0.25) is 9.97 Å². The predicted molar refractivity (Wildman–Crippen MR) is 134 cm³/mol. The summed E-state index contributed by atoms with van der Waals surface area (Å²) >= 11 is 0. The van der Waals surface area contributed by atoms with E-state index < -0.39 is 0 Å². The zero-order valence-corrected chi connectivity index (χ0v) is 17.8. The molecule has 0 saturated heterocycles. The number of nitrogens with zero attached hydrogens (tertiary/aromatic N) is 2. The fourth-order valence-corrected chi connectivity index (χ4v) is 4.25. The number of hydrogen-bond acceptors (Lipinski definition) is 3. The van der Waals surface area contributed by atoms with Crippen molar-refractivity contribution in [1.29, 1.82) is 0 Å². The van der Waals surface area contributed by atoms with E-state index >= 15 is 0 Å². The minimum absolute atomic E-state index is 0.775. The van der Waals surface area contributed by atoms with Crippen LogP contribution in [0.15, 0.2) is 122 Å². The predicted octanol–water partition coefficient (Wildman–Crippen LogP) is 7.91. The summed E-state index contributed by atoms with van der Waals surface area (Å²) in [6, 6.07) is 36.9. The maximum absolute atomic E-state index is 6.32. The molecule has 156 valence electrons. The Morgan fingerprint density at radius 2 is 0.909 bits per heavy atom. The highest BCUT2D eigenvalue weighted by molar-refractivity contribution is 5.96. The van der Waals surface area contributed by atoms with Gasteiger partial charge in [-0.2, -0.15) is 0 Å². The molecule has 6 aromatic rings. The van der Waals surface area contributed by atoms with Gasteiger partial charge < -0.3 is 4.74 Å². The topological polar surface area (TPSA) is 35.0 Å². The average molecular weight is 425 g/mol. The summed E-state index contributed by atoms with van der Waals surface area (Å²) in [5.74, 6) is 1.55. The van der Waals surface area contributed by atoms with Crippen molar-refractivity contribution in [3.8, 4) is 33.8 Å². The van der Waals surface area contributed by atoms with Crippen molar-refractivity contribution in [1.82, 2.24) is 9.97 Å². The summed E-state index contributed by atoms with van der Waals surface area (Å²) in [6.45, 7) is 0. The molecule has 4 aromatic carbocycles. The van der Waals surface area contributed by atoms with E-state index in [9.17, 15) is 0 Å². The highest BCUT2D eigenvalue weighted by Gasteiger charge is 2.09. The van der Waals surface area contributed by atoms with E-state index in [1.165, 1.54) is 0 Å². The minimum Gasteiger partial charge on any atom is -0.457 e. The molecule has 3 heteroatoms. The first-order chi connectivity index (χ1) is 16.3. The van der Waals surface area contributed by atoms with Gasteiger partial charge in [0.1, 0.15) is 11.5 Å². The Hall–Kier alpha value is -4.50. The number of aromatic nitrogens is 2. The third-order valence-corrected chi connectivity index (χ3v) is 5.83. The first-order valence-electron chi connectivity index (χ1n) is 10.9. The van der Waals surface area contributed by atoms with E-state index in [4.69, 9.17) is 4.74 Å². The van der Waals surface area contributed by atoms with E-state index in [0.29, 0.717) is 0 Å². The molecule has 2 aromatic heterocycles. The molecule has 33 heavy (non-hydrogen) atoms. The molecule has 0 aliphatic heterocycles. The van der Waals surface area contributed by atoms with Crippen LogP contribution in [-0.4, -0.2) is 9.97 Å². The second kappa shape index (κ2) is 8.21. The van der Waals surface area contributed by atoms with E-state index in [1.54, 1.807) is 0 Å². The summed E-state index contributed by atoms with van der Waals surface area (Å²) in [5.41, 5.74) is 6.48. The van der Waals surface area contributed by atoms with Crippen molar-refractivity contribution < 1.29 is 4.74 Å². The molecular formula is C30H20N2O. The van der Waals surface area contributed by atoms with Crippen molar-refractivity contribution in [2.24, 2.45) is 0 Å². The smallest absolute Gasteiger partial charge is 0.128 e. The Kier molecular flexibility index (Phi) is 4.78. The van der Waals surface area contributed by atoms with Crippen LogP contribution in [0.2, 0.25) is 0 Å². The van der Waals surface area contributed by atoms with Gasteiger partial charge >= 0.3 is 0 Å². The Labute approximate surface area is 192 Å². The number of pyridine rings is 2. The van der Waals surface area contributed by atoms with Gasteiger partial charge in [0.2, 0.25) is 0 Å². The molecule has 0 N–H and O–H groups in total. The van der Waals surface area contributed by atoms with Crippen molar-refractivity contribution in [3.63, 3.8) is 0 Å². The van der Waals surface area contributed by atoms with Crippen LogP contribution in [0.4, 0.5) is 0 Å². The monoisotopic (exact) mass is 424 g/mol. The molecule has 0 aliphatic rings. The van der Waals surface area contributed by atoms with Crippen molar-refractivity contribution in [2.75, 3.05) is 0 Å². The lowest BCUT2D eigenvalue weighted by Gasteiger charge is -2.11. The summed E-state index contributed by atoms with van der Waals surface area (Å²) in [6.07, 6.45) is 3.71. The number of rotatable bonds is 4. The molecule has 3 nitrogen and oxygen atoms in total. The molecule has 0 bridgehead atoms. The van der Waals surface area contributed by atoms with E-state index in [-0.39, 0.29) is 0 Å². The summed E-state index contributed by atoms with van der Waals surface area (Å²) < 4.78 is 6.32. The fraction of sp³-hybridized carbons (Fsp3) is 0. The van der Waals surface area contributed by atoms with Gasteiger partial charge in [0, 0.05) is 23.2 Å². The second-order valence-electron chi connectivity index (χ2n) is 7.91. The molecule has 0 atom stereocenters. The maximum atomic E-state index is 6.32. The lowest BCUT2D eigenvalue weighted by molar-refractivity contribution is 0.484. The molecule has 0 radical (unpaired) electrons. The van der Waals surface area contributed by atoms with Gasteiger partial charge in [-0.15, -0.1) is 0 Å². The van der Waals surface area contributed by atoms with Crippen LogP contribution < -0.4 is 4.74 Å². The first-order valence-corrected chi connectivity index (χ1v) is 10.9. The van der Waals surface area contributed by atoms with E-state index in [2.05, 4.69) is 82.8 Å². The van der Waals surface area contributed by atoms with Gasteiger partial charge in [0.25, 0.3) is 0 Å². The maximum Gasteiger partial charge on any atom is 0.128 e. The highest BCUT2D eigenvalue weighted by atomic mass is 16.5.